The normalized spacial score (nSPS) is 28.8. The molecule has 28 heavy (non-hydrogen) atoms. The van der Waals surface area contributed by atoms with E-state index >= 15 is 0 Å². The topological polar surface area (TPSA) is 69.7 Å². The Bertz CT molecular complexity index is 775. The molecular weight excluding hydrogens is 356 g/mol. The Balaban J connectivity index is 1.47. The third kappa shape index (κ3) is 4.03. The molecule has 148 valence electrons. The second-order valence-electron chi connectivity index (χ2n) is 8.04. The lowest BCUT2D eigenvalue weighted by Crippen LogP contribution is -2.20. The van der Waals surface area contributed by atoms with Crippen molar-refractivity contribution in [2.75, 3.05) is 0 Å². The Hall–Kier alpha value is -2.43. The van der Waals surface area contributed by atoms with Gasteiger partial charge in [0.15, 0.2) is 0 Å². The minimum atomic E-state index is -0.435. The predicted molar refractivity (Wildman–Crippen MR) is 103 cm³/mol. The van der Waals surface area contributed by atoms with Gasteiger partial charge in [-0.05, 0) is 30.5 Å². The first-order chi connectivity index (χ1) is 13.6. The van der Waals surface area contributed by atoms with Gasteiger partial charge in [-0.3, -0.25) is 9.59 Å². The first-order valence-corrected chi connectivity index (χ1v) is 10.3. The summed E-state index contributed by atoms with van der Waals surface area (Å²) in [6, 6.07) is 8.86. The molecule has 0 N–H and O–H groups in total. The Morgan fingerprint density at radius 2 is 1.86 bits per heavy atom. The summed E-state index contributed by atoms with van der Waals surface area (Å²) in [6.07, 6.45) is 7.74. The van der Waals surface area contributed by atoms with Crippen LogP contribution >= 0.6 is 0 Å². The largest absolute Gasteiger partial charge is 0.462 e. The second-order valence-corrected chi connectivity index (χ2v) is 8.04. The minimum absolute atomic E-state index is 0.0831. The molecule has 5 nitrogen and oxygen atoms in total. The number of hydrogen-bond acceptors (Lipinski definition) is 5. The Labute approximate surface area is 165 Å². The SMILES string of the molecule is O=C1C[C@@H]2C(=CCC(=O)C3CCCCC3)[C@H](OC(=O)c3ccccc3)C[C@@H]2O1. The number of ketones is 1. The first-order valence-electron chi connectivity index (χ1n) is 10.3. The number of allylic oxidation sites excluding steroid dienone is 1. The summed E-state index contributed by atoms with van der Waals surface area (Å²) < 4.78 is 11.1. The monoisotopic (exact) mass is 382 g/mol. The number of esters is 2. The van der Waals surface area contributed by atoms with Crippen molar-refractivity contribution in [2.24, 2.45) is 11.8 Å². The summed E-state index contributed by atoms with van der Waals surface area (Å²) in [7, 11) is 0. The minimum Gasteiger partial charge on any atom is -0.462 e. The molecule has 0 aromatic heterocycles. The van der Waals surface area contributed by atoms with E-state index in [1.165, 1.54) is 6.42 Å². The molecule has 1 aliphatic heterocycles. The van der Waals surface area contributed by atoms with Gasteiger partial charge in [-0.2, -0.15) is 0 Å². The number of hydrogen-bond donors (Lipinski definition) is 0. The molecule has 0 radical (unpaired) electrons. The van der Waals surface area contributed by atoms with Crippen LogP contribution in [0, 0.1) is 11.8 Å². The highest BCUT2D eigenvalue weighted by molar-refractivity contribution is 5.89. The summed E-state index contributed by atoms with van der Waals surface area (Å²) in [5.74, 6) is -0.280. The Kier molecular flexibility index (Phi) is 5.60. The zero-order valence-electron chi connectivity index (χ0n) is 16.0. The molecule has 4 rings (SSSR count). The van der Waals surface area contributed by atoms with E-state index in [0.29, 0.717) is 24.8 Å². The molecule has 2 saturated carbocycles. The fourth-order valence-corrected chi connectivity index (χ4v) is 4.72. The van der Waals surface area contributed by atoms with Gasteiger partial charge in [0.05, 0.1) is 12.0 Å². The lowest BCUT2D eigenvalue weighted by Gasteiger charge is -2.20. The van der Waals surface area contributed by atoms with E-state index in [4.69, 9.17) is 9.47 Å². The molecule has 1 saturated heterocycles. The second kappa shape index (κ2) is 8.29. The summed E-state index contributed by atoms with van der Waals surface area (Å²) in [5, 5.41) is 0. The molecule has 1 aromatic carbocycles. The number of fused-ring (bicyclic) bond motifs is 1. The van der Waals surface area contributed by atoms with E-state index < -0.39 is 6.10 Å². The van der Waals surface area contributed by atoms with Crippen LogP contribution in [-0.4, -0.2) is 29.9 Å². The molecule has 0 amide bonds. The average Bonchev–Trinajstić information content (AvgIpc) is 3.23. The summed E-state index contributed by atoms with van der Waals surface area (Å²) in [4.78, 5) is 36.8. The van der Waals surface area contributed by atoms with E-state index in [1.54, 1.807) is 24.3 Å². The van der Waals surface area contributed by atoms with Crippen molar-refractivity contribution in [1.29, 1.82) is 0 Å². The molecule has 5 heteroatoms. The van der Waals surface area contributed by atoms with Gasteiger partial charge < -0.3 is 9.47 Å². The van der Waals surface area contributed by atoms with Crippen molar-refractivity contribution in [3.63, 3.8) is 0 Å². The van der Waals surface area contributed by atoms with E-state index in [9.17, 15) is 14.4 Å². The van der Waals surface area contributed by atoms with Crippen LogP contribution in [0.1, 0.15) is 61.7 Å². The van der Waals surface area contributed by atoms with Crippen LogP contribution in [0.4, 0.5) is 0 Å². The zero-order chi connectivity index (χ0) is 19.5. The van der Waals surface area contributed by atoms with Crippen LogP contribution in [0.5, 0.6) is 0 Å². The van der Waals surface area contributed by atoms with Gasteiger partial charge in [0.1, 0.15) is 18.0 Å². The zero-order valence-corrected chi connectivity index (χ0v) is 16.0. The number of ether oxygens (including phenoxy) is 2. The maximum absolute atomic E-state index is 12.6. The van der Waals surface area contributed by atoms with Crippen LogP contribution in [0.2, 0.25) is 0 Å². The molecule has 1 aromatic rings. The molecule has 1 heterocycles. The van der Waals surface area contributed by atoms with Crippen molar-refractivity contribution in [2.45, 2.75) is 63.6 Å². The average molecular weight is 382 g/mol. The Morgan fingerprint density at radius 3 is 2.61 bits per heavy atom. The van der Waals surface area contributed by atoms with Crippen molar-refractivity contribution in [1.82, 2.24) is 0 Å². The Morgan fingerprint density at radius 1 is 1.11 bits per heavy atom. The van der Waals surface area contributed by atoms with E-state index in [2.05, 4.69) is 0 Å². The highest BCUT2D eigenvalue weighted by Gasteiger charge is 2.48. The fourth-order valence-electron chi connectivity index (χ4n) is 4.72. The van der Waals surface area contributed by atoms with Crippen LogP contribution in [0.3, 0.4) is 0 Å². The molecule has 0 spiro atoms. The fraction of sp³-hybridized carbons (Fsp3) is 0.522. The maximum atomic E-state index is 12.6. The molecular formula is C23H26O5. The number of carbonyl (C=O) groups excluding carboxylic acids is 3. The van der Waals surface area contributed by atoms with Gasteiger partial charge in [-0.15, -0.1) is 0 Å². The van der Waals surface area contributed by atoms with Crippen molar-refractivity contribution >= 4 is 17.7 Å². The van der Waals surface area contributed by atoms with E-state index in [0.717, 1.165) is 31.3 Å². The third-order valence-corrected chi connectivity index (χ3v) is 6.22. The highest BCUT2D eigenvalue weighted by Crippen LogP contribution is 2.43. The molecule has 3 atom stereocenters. The number of carbonyl (C=O) groups is 3. The van der Waals surface area contributed by atoms with Crippen molar-refractivity contribution < 1.29 is 23.9 Å². The van der Waals surface area contributed by atoms with Crippen LogP contribution in [0.15, 0.2) is 42.0 Å². The highest BCUT2D eigenvalue weighted by atomic mass is 16.6. The summed E-state index contributed by atoms with van der Waals surface area (Å²) in [5.41, 5.74) is 1.37. The van der Waals surface area contributed by atoms with Crippen molar-refractivity contribution in [3.05, 3.63) is 47.5 Å². The molecule has 2 aliphatic carbocycles. The van der Waals surface area contributed by atoms with Gasteiger partial charge in [0.25, 0.3) is 0 Å². The first kappa shape index (κ1) is 18.9. The van der Waals surface area contributed by atoms with Crippen molar-refractivity contribution in [3.8, 4) is 0 Å². The number of rotatable bonds is 5. The molecule has 3 fully saturated rings. The van der Waals surface area contributed by atoms with Gasteiger partial charge in [-0.1, -0.05) is 43.5 Å². The molecule has 3 aliphatic rings. The van der Waals surface area contributed by atoms with E-state index in [-0.39, 0.29) is 35.7 Å². The number of benzene rings is 1. The lowest BCUT2D eigenvalue weighted by atomic mass is 9.84. The maximum Gasteiger partial charge on any atom is 0.338 e. The van der Waals surface area contributed by atoms with E-state index in [1.807, 2.05) is 12.1 Å². The quantitative estimate of drug-likeness (QED) is 0.568. The van der Waals surface area contributed by atoms with Gasteiger partial charge in [-0.25, -0.2) is 4.79 Å². The third-order valence-electron chi connectivity index (χ3n) is 6.22. The summed E-state index contributed by atoms with van der Waals surface area (Å²) >= 11 is 0. The number of Topliss-reactive ketones (excluding diaryl/α,β-unsaturated/α-hetero) is 1. The van der Waals surface area contributed by atoms with Crippen LogP contribution in [-0.2, 0) is 19.1 Å². The molecule has 0 unspecified atom stereocenters. The van der Waals surface area contributed by atoms with Crippen LogP contribution < -0.4 is 0 Å². The predicted octanol–water partition coefficient (Wildman–Crippen LogP) is 4.01. The van der Waals surface area contributed by atoms with Gasteiger partial charge >= 0.3 is 11.9 Å². The van der Waals surface area contributed by atoms with Crippen LogP contribution in [0.25, 0.3) is 0 Å². The van der Waals surface area contributed by atoms with Gasteiger partial charge in [0.2, 0.25) is 0 Å². The lowest BCUT2D eigenvalue weighted by molar-refractivity contribution is -0.141. The standard InChI is InChI=1S/C23H26O5/c24-19(15-7-3-1-4-8-15)12-11-17-18-13-22(25)27-21(18)14-20(17)28-23(26)16-9-5-2-6-10-16/h2,5-6,9-11,15,18,20-21H,1,3-4,7-8,12-14H2/t18-,20-,21+/m1/s1. The summed E-state index contributed by atoms with van der Waals surface area (Å²) in [6.45, 7) is 0. The van der Waals surface area contributed by atoms with Gasteiger partial charge in [0, 0.05) is 24.7 Å². The smallest absolute Gasteiger partial charge is 0.338 e. The molecule has 0 bridgehead atoms.